The van der Waals surface area contributed by atoms with Crippen LogP contribution in [0, 0.1) is 11.2 Å². The Balaban J connectivity index is 1.97. The summed E-state index contributed by atoms with van der Waals surface area (Å²) >= 11 is 0. The third-order valence-corrected chi connectivity index (χ3v) is 5.85. The molecule has 1 aromatic heterocycles. The van der Waals surface area contributed by atoms with E-state index in [1.54, 1.807) is 18.2 Å². The minimum absolute atomic E-state index is 0.0154. The normalized spacial score (nSPS) is 14.3. The molecule has 176 valence electrons. The van der Waals surface area contributed by atoms with Crippen molar-refractivity contribution in [2.75, 3.05) is 0 Å². The predicted molar refractivity (Wildman–Crippen MR) is 132 cm³/mol. The van der Waals surface area contributed by atoms with Gasteiger partial charge >= 0.3 is 0 Å². The number of ketones is 1. The first-order valence-electron chi connectivity index (χ1n) is 11.5. The van der Waals surface area contributed by atoms with Crippen LogP contribution in [0.2, 0.25) is 0 Å². The van der Waals surface area contributed by atoms with Crippen LogP contribution >= 0.6 is 0 Å². The van der Waals surface area contributed by atoms with Gasteiger partial charge in [-0.25, -0.2) is 4.39 Å². The van der Waals surface area contributed by atoms with Crippen LogP contribution in [-0.2, 0) is 4.79 Å². The largest absolute Gasteiger partial charge is 0.393 e. The van der Waals surface area contributed by atoms with E-state index in [9.17, 15) is 19.4 Å². The zero-order chi connectivity index (χ0) is 24.3. The Bertz CT molecular complexity index is 1140. The van der Waals surface area contributed by atoms with Crippen molar-refractivity contribution in [2.24, 2.45) is 5.41 Å². The van der Waals surface area contributed by atoms with Crippen LogP contribution in [0.25, 0.3) is 28.1 Å². The van der Waals surface area contributed by atoms with Crippen molar-refractivity contribution in [3.8, 4) is 11.1 Å². The minimum atomic E-state index is -0.913. The molecular formula is C28H34FNO3. The molecule has 2 N–H and O–H groups in total. The van der Waals surface area contributed by atoms with Crippen LogP contribution in [0.4, 0.5) is 4.39 Å². The molecule has 4 nitrogen and oxygen atoms in total. The molecule has 1 heterocycles. The maximum absolute atomic E-state index is 13.6. The van der Waals surface area contributed by atoms with E-state index in [0.717, 1.165) is 27.7 Å². The number of aliphatic hydroxyl groups excluding tert-OH is 2. The maximum atomic E-state index is 13.6. The summed E-state index contributed by atoms with van der Waals surface area (Å²) in [7, 11) is 0. The van der Waals surface area contributed by atoms with Gasteiger partial charge in [0.2, 0.25) is 0 Å². The molecule has 0 bridgehead atoms. The van der Waals surface area contributed by atoms with Crippen molar-refractivity contribution in [1.29, 1.82) is 0 Å². The highest BCUT2D eigenvalue weighted by atomic mass is 19.1. The van der Waals surface area contributed by atoms with Gasteiger partial charge in [-0.15, -0.1) is 0 Å². The molecule has 33 heavy (non-hydrogen) atoms. The summed E-state index contributed by atoms with van der Waals surface area (Å²) < 4.78 is 15.8. The number of Topliss-reactive ketones (excluding diaryl/α,β-unsaturated/α-hetero) is 1. The molecule has 0 spiro atoms. The van der Waals surface area contributed by atoms with Crippen LogP contribution in [0.3, 0.4) is 0 Å². The van der Waals surface area contributed by atoms with Gasteiger partial charge in [0.25, 0.3) is 0 Å². The lowest BCUT2D eigenvalue weighted by Crippen LogP contribution is -2.27. The van der Waals surface area contributed by atoms with Gasteiger partial charge in [-0.2, -0.15) is 0 Å². The molecule has 3 aromatic rings. The smallest absolute Gasteiger partial charge is 0.140 e. The summed E-state index contributed by atoms with van der Waals surface area (Å²) in [5, 5.41) is 21.9. The Hall–Kier alpha value is -2.76. The summed E-state index contributed by atoms with van der Waals surface area (Å²) in [5.41, 5.74) is 3.28. The molecule has 0 unspecified atom stereocenters. The first-order chi connectivity index (χ1) is 15.5. The Morgan fingerprint density at radius 1 is 1.06 bits per heavy atom. The Labute approximate surface area is 195 Å². The molecule has 0 aliphatic rings. The number of carbonyl (C=O) groups excluding carboxylic acids is 1. The molecule has 0 aliphatic heterocycles. The number of aliphatic hydroxyl groups is 2. The number of aromatic nitrogens is 1. The lowest BCUT2D eigenvalue weighted by molar-refractivity contribution is -0.128. The third-order valence-electron chi connectivity index (χ3n) is 5.85. The Kier molecular flexibility index (Phi) is 7.55. The molecule has 0 aliphatic carbocycles. The summed E-state index contributed by atoms with van der Waals surface area (Å²) in [6, 6.07) is 14.6. The molecule has 0 amide bonds. The van der Waals surface area contributed by atoms with E-state index in [1.165, 1.54) is 12.1 Å². The number of nitrogens with zero attached hydrogens (tertiary/aromatic N) is 1. The van der Waals surface area contributed by atoms with Crippen LogP contribution in [0.15, 0.2) is 54.6 Å². The van der Waals surface area contributed by atoms with Crippen molar-refractivity contribution in [3.05, 3.63) is 66.1 Å². The summed E-state index contributed by atoms with van der Waals surface area (Å²) in [4.78, 5) is 12.2. The maximum Gasteiger partial charge on any atom is 0.140 e. The van der Waals surface area contributed by atoms with Gasteiger partial charge in [-0.3, -0.25) is 4.79 Å². The fraction of sp³-hybridized carbons (Fsp3) is 0.393. The van der Waals surface area contributed by atoms with E-state index >= 15 is 0 Å². The predicted octanol–water partition coefficient (Wildman–Crippen LogP) is 6.16. The van der Waals surface area contributed by atoms with E-state index in [4.69, 9.17) is 0 Å². The number of hydrogen-bond donors (Lipinski definition) is 2. The van der Waals surface area contributed by atoms with Gasteiger partial charge in [0, 0.05) is 46.5 Å². The number of rotatable bonds is 8. The van der Waals surface area contributed by atoms with Crippen LogP contribution in [-0.4, -0.2) is 32.8 Å². The van der Waals surface area contributed by atoms with Gasteiger partial charge in [-0.05, 0) is 43.7 Å². The fourth-order valence-electron chi connectivity index (χ4n) is 4.09. The van der Waals surface area contributed by atoms with Crippen molar-refractivity contribution in [1.82, 2.24) is 4.57 Å². The SMILES string of the molecule is CC(C)n1c(/C=C/[C@@H](O)C[C@@H](O)CC(=O)C(C)(C)C)c(-c2ccc(F)cc2)c2ccccc21. The molecule has 0 saturated carbocycles. The highest BCUT2D eigenvalue weighted by Gasteiger charge is 2.25. The van der Waals surface area contributed by atoms with E-state index in [2.05, 4.69) is 24.5 Å². The molecule has 2 atom stereocenters. The number of halogens is 1. The van der Waals surface area contributed by atoms with Crippen molar-refractivity contribution in [2.45, 2.75) is 65.7 Å². The van der Waals surface area contributed by atoms with Gasteiger partial charge in [-0.1, -0.05) is 57.2 Å². The number of fused-ring (bicyclic) bond motifs is 1. The van der Waals surface area contributed by atoms with Crippen molar-refractivity contribution < 1.29 is 19.4 Å². The Morgan fingerprint density at radius 2 is 1.70 bits per heavy atom. The average Bonchev–Trinajstić information content (AvgIpc) is 3.06. The standard InChI is InChI=1S/C28H34FNO3/c1-18(2)30-24-9-7-6-8-23(24)27(19-10-12-20(29)13-11-19)25(30)15-14-21(31)16-22(32)17-26(33)28(3,4)5/h6-15,18,21-22,31-32H,16-17H2,1-5H3/b15-14+/t21-,22-/m1/s1. The highest BCUT2D eigenvalue weighted by molar-refractivity contribution is 6.01. The number of para-hydroxylation sites is 1. The van der Waals surface area contributed by atoms with Crippen LogP contribution < -0.4 is 0 Å². The van der Waals surface area contributed by atoms with Crippen molar-refractivity contribution in [3.63, 3.8) is 0 Å². The summed E-state index contributed by atoms with van der Waals surface area (Å²) in [6.45, 7) is 9.65. The van der Waals surface area contributed by atoms with Gasteiger partial charge < -0.3 is 14.8 Å². The second-order valence-corrected chi connectivity index (χ2v) is 9.94. The number of benzene rings is 2. The van der Waals surface area contributed by atoms with E-state index in [-0.39, 0.29) is 30.5 Å². The quantitative estimate of drug-likeness (QED) is 0.431. The van der Waals surface area contributed by atoms with Crippen LogP contribution in [0.5, 0.6) is 0 Å². The van der Waals surface area contributed by atoms with E-state index in [1.807, 2.05) is 45.0 Å². The zero-order valence-corrected chi connectivity index (χ0v) is 20.0. The first kappa shape index (κ1) is 24.9. The fourth-order valence-corrected chi connectivity index (χ4v) is 4.09. The minimum Gasteiger partial charge on any atom is -0.393 e. The first-order valence-corrected chi connectivity index (χ1v) is 11.5. The third kappa shape index (κ3) is 5.79. The number of carbonyl (C=O) groups is 1. The van der Waals surface area contributed by atoms with E-state index < -0.39 is 17.6 Å². The lowest BCUT2D eigenvalue weighted by Gasteiger charge is -2.20. The molecular weight excluding hydrogens is 417 g/mol. The van der Waals surface area contributed by atoms with Gasteiger partial charge in [0.1, 0.15) is 11.6 Å². The van der Waals surface area contributed by atoms with Crippen molar-refractivity contribution >= 4 is 22.8 Å². The van der Waals surface area contributed by atoms with Crippen LogP contribution in [0.1, 0.15) is 59.2 Å². The van der Waals surface area contributed by atoms with Gasteiger partial charge in [0.15, 0.2) is 0 Å². The molecule has 2 aromatic carbocycles. The molecule has 3 rings (SSSR count). The second-order valence-electron chi connectivity index (χ2n) is 9.94. The molecule has 5 heteroatoms. The topological polar surface area (TPSA) is 62.5 Å². The summed E-state index contributed by atoms with van der Waals surface area (Å²) in [5.74, 6) is -0.331. The molecule has 0 radical (unpaired) electrons. The molecule has 0 fully saturated rings. The Morgan fingerprint density at radius 3 is 2.30 bits per heavy atom. The lowest BCUT2D eigenvalue weighted by atomic mass is 9.87. The summed E-state index contributed by atoms with van der Waals surface area (Å²) in [6.07, 6.45) is 1.79. The molecule has 0 saturated heterocycles. The van der Waals surface area contributed by atoms with Gasteiger partial charge in [0.05, 0.1) is 12.2 Å². The van der Waals surface area contributed by atoms with E-state index in [0.29, 0.717) is 0 Å². The second kappa shape index (κ2) is 10.0. The zero-order valence-electron chi connectivity index (χ0n) is 20.0. The highest BCUT2D eigenvalue weighted by Crippen LogP contribution is 2.38. The average molecular weight is 452 g/mol. The monoisotopic (exact) mass is 451 g/mol. The number of hydrogen-bond acceptors (Lipinski definition) is 3.